The molecule has 0 aliphatic carbocycles. The summed E-state index contributed by atoms with van der Waals surface area (Å²) in [6.07, 6.45) is 0. The van der Waals surface area contributed by atoms with Gasteiger partial charge in [-0.1, -0.05) is 15.9 Å². The summed E-state index contributed by atoms with van der Waals surface area (Å²) in [5.41, 5.74) is 11.2. The molecule has 0 bridgehead atoms. The second kappa shape index (κ2) is 5.46. The summed E-state index contributed by atoms with van der Waals surface area (Å²) in [6.45, 7) is 0. The van der Waals surface area contributed by atoms with Crippen LogP contribution in [0.2, 0.25) is 0 Å². The van der Waals surface area contributed by atoms with E-state index in [0.29, 0.717) is 5.69 Å². The summed E-state index contributed by atoms with van der Waals surface area (Å²) < 4.78 is 27.5. The van der Waals surface area contributed by atoms with Crippen LogP contribution in [0.25, 0.3) is 0 Å². The van der Waals surface area contributed by atoms with E-state index in [1.807, 2.05) is 0 Å². The van der Waals surface area contributed by atoms with Gasteiger partial charge in [-0.15, -0.1) is 0 Å². The van der Waals surface area contributed by atoms with Crippen LogP contribution in [-0.4, -0.2) is 5.91 Å². The lowest BCUT2D eigenvalue weighted by atomic mass is 10.1. The van der Waals surface area contributed by atoms with E-state index >= 15 is 0 Å². The monoisotopic (exact) mass is 341 g/mol. The highest BCUT2D eigenvalue weighted by molar-refractivity contribution is 9.10. The Hall–Kier alpha value is -2.15. The molecule has 2 aromatic carbocycles. The first kappa shape index (κ1) is 14.3. The molecule has 2 rings (SSSR count). The highest BCUT2D eigenvalue weighted by Gasteiger charge is 2.16. The van der Waals surface area contributed by atoms with Crippen LogP contribution in [0, 0.1) is 11.6 Å². The molecule has 0 heterocycles. The minimum Gasteiger partial charge on any atom is -0.399 e. The fourth-order valence-electron chi connectivity index (χ4n) is 1.63. The highest BCUT2D eigenvalue weighted by Crippen LogP contribution is 2.25. The zero-order valence-corrected chi connectivity index (χ0v) is 11.7. The summed E-state index contributed by atoms with van der Waals surface area (Å²) in [6, 6.07) is 6.34. The normalized spacial score (nSPS) is 10.3. The Morgan fingerprint density at radius 1 is 1.10 bits per heavy atom. The molecule has 0 saturated heterocycles. The molecule has 0 saturated carbocycles. The lowest BCUT2D eigenvalue weighted by Gasteiger charge is -2.10. The van der Waals surface area contributed by atoms with E-state index in [1.54, 1.807) is 0 Å². The van der Waals surface area contributed by atoms with Crippen LogP contribution in [0.4, 0.5) is 25.8 Å². The first-order valence-electron chi connectivity index (χ1n) is 5.49. The van der Waals surface area contributed by atoms with Gasteiger partial charge in [-0.3, -0.25) is 4.79 Å². The Bertz CT molecular complexity index is 668. The van der Waals surface area contributed by atoms with E-state index in [9.17, 15) is 13.6 Å². The number of benzene rings is 2. The number of hydrogen-bond donors (Lipinski definition) is 3. The molecule has 0 fully saturated rings. The smallest absolute Gasteiger partial charge is 0.257 e. The number of carbonyl (C=O) groups is 1. The molecule has 0 radical (unpaired) electrons. The van der Waals surface area contributed by atoms with Crippen LogP contribution in [-0.2, 0) is 0 Å². The van der Waals surface area contributed by atoms with Gasteiger partial charge >= 0.3 is 0 Å². The van der Waals surface area contributed by atoms with Crippen molar-refractivity contribution >= 4 is 38.9 Å². The molecular formula is C13H10BrF2N3O. The van der Waals surface area contributed by atoms with Crippen molar-refractivity contribution in [3.63, 3.8) is 0 Å². The average Bonchev–Trinajstić information content (AvgIpc) is 2.33. The van der Waals surface area contributed by atoms with E-state index < -0.39 is 23.2 Å². The van der Waals surface area contributed by atoms with Crippen LogP contribution < -0.4 is 16.8 Å². The summed E-state index contributed by atoms with van der Waals surface area (Å²) in [4.78, 5) is 12.0. The molecule has 7 heteroatoms. The number of nitrogens with one attached hydrogen (secondary N) is 1. The SMILES string of the molecule is Nc1ccc(C(=O)Nc2c(F)cc(Br)cc2F)c(N)c1. The largest absolute Gasteiger partial charge is 0.399 e. The topological polar surface area (TPSA) is 81.1 Å². The Morgan fingerprint density at radius 3 is 2.25 bits per heavy atom. The Labute approximate surface area is 121 Å². The number of amides is 1. The molecule has 5 N–H and O–H groups in total. The van der Waals surface area contributed by atoms with Gasteiger partial charge < -0.3 is 16.8 Å². The standard InChI is InChI=1S/C13H10BrF2N3O/c14-6-3-9(15)12(10(16)4-6)19-13(20)8-2-1-7(17)5-11(8)18/h1-5H,17-18H2,(H,19,20). The molecule has 1 amide bonds. The summed E-state index contributed by atoms with van der Waals surface area (Å²) in [7, 11) is 0. The van der Waals surface area contributed by atoms with Gasteiger partial charge in [-0.25, -0.2) is 8.78 Å². The Morgan fingerprint density at radius 2 is 1.70 bits per heavy atom. The van der Waals surface area contributed by atoms with Gasteiger partial charge in [-0.05, 0) is 30.3 Å². The van der Waals surface area contributed by atoms with Crippen LogP contribution in [0.3, 0.4) is 0 Å². The van der Waals surface area contributed by atoms with Crippen molar-refractivity contribution in [1.29, 1.82) is 0 Å². The molecule has 0 spiro atoms. The van der Waals surface area contributed by atoms with Crippen LogP contribution in [0.5, 0.6) is 0 Å². The summed E-state index contributed by atoms with van der Waals surface area (Å²) in [5, 5.41) is 2.15. The minimum atomic E-state index is -0.890. The second-order valence-corrected chi connectivity index (χ2v) is 4.96. The third kappa shape index (κ3) is 2.88. The fraction of sp³-hybridized carbons (Fsp3) is 0. The van der Waals surface area contributed by atoms with Gasteiger partial charge in [0, 0.05) is 15.8 Å². The first-order valence-corrected chi connectivity index (χ1v) is 6.28. The third-order valence-corrected chi connectivity index (χ3v) is 3.02. The molecule has 104 valence electrons. The number of nitrogen functional groups attached to an aromatic ring is 2. The maximum Gasteiger partial charge on any atom is 0.257 e. The molecule has 0 aliphatic heterocycles. The molecular weight excluding hydrogens is 332 g/mol. The van der Waals surface area contributed by atoms with Crippen molar-refractivity contribution in [2.45, 2.75) is 0 Å². The number of carbonyl (C=O) groups excluding carboxylic acids is 1. The van der Waals surface area contributed by atoms with Gasteiger partial charge in [-0.2, -0.15) is 0 Å². The fourth-order valence-corrected chi connectivity index (χ4v) is 2.03. The minimum absolute atomic E-state index is 0.0842. The summed E-state index contributed by atoms with van der Waals surface area (Å²) >= 11 is 2.95. The van der Waals surface area contributed by atoms with Crippen molar-refractivity contribution < 1.29 is 13.6 Å². The maximum absolute atomic E-state index is 13.6. The van der Waals surface area contributed by atoms with Gasteiger partial charge in [0.15, 0.2) is 11.6 Å². The van der Waals surface area contributed by atoms with Crippen molar-refractivity contribution in [3.8, 4) is 0 Å². The molecule has 0 aliphatic rings. The highest BCUT2D eigenvalue weighted by atomic mass is 79.9. The Balaban J connectivity index is 2.33. The Kier molecular flexibility index (Phi) is 3.89. The second-order valence-electron chi connectivity index (χ2n) is 4.05. The first-order chi connectivity index (χ1) is 9.38. The van der Waals surface area contributed by atoms with Crippen molar-refractivity contribution in [1.82, 2.24) is 0 Å². The molecule has 2 aromatic rings. The van der Waals surface area contributed by atoms with Crippen molar-refractivity contribution in [3.05, 3.63) is 52.0 Å². The lowest BCUT2D eigenvalue weighted by Crippen LogP contribution is -2.16. The molecule has 0 atom stereocenters. The average molecular weight is 342 g/mol. The van der Waals surface area contributed by atoms with E-state index in [2.05, 4.69) is 21.2 Å². The molecule has 0 aromatic heterocycles. The van der Waals surface area contributed by atoms with E-state index in [1.165, 1.54) is 18.2 Å². The van der Waals surface area contributed by atoms with Gasteiger partial charge in [0.25, 0.3) is 5.91 Å². The number of nitrogens with two attached hydrogens (primary N) is 2. The predicted octanol–water partition coefficient (Wildman–Crippen LogP) is 3.14. The third-order valence-electron chi connectivity index (χ3n) is 2.57. The predicted molar refractivity (Wildman–Crippen MR) is 77.3 cm³/mol. The number of halogens is 3. The maximum atomic E-state index is 13.6. The zero-order valence-electron chi connectivity index (χ0n) is 10.1. The van der Waals surface area contributed by atoms with Gasteiger partial charge in [0.1, 0.15) is 5.69 Å². The quantitative estimate of drug-likeness (QED) is 0.734. The van der Waals surface area contributed by atoms with Crippen molar-refractivity contribution in [2.75, 3.05) is 16.8 Å². The van der Waals surface area contributed by atoms with Crippen LogP contribution in [0.1, 0.15) is 10.4 Å². The lowest BCUT2D eigenvalue weighted by molar-refractivity contribution is 0.102. The molecule has 0 unspecified atom stereocenters. The van der Waals surface area contributed by atoms with Crippen LogP contribution >= 0.6 is 15.9 Å². The molecule has 20 heavy (non-hydrogen) atoms. The van der Waals surface area contributed by atoms with E-state index in [0.717, 1.165) is 12.1 Å². The van der Waals surface area contributed by atoms with Gasteiger partial charge in [0.2, 0.25) is 0 Å². The number of anilines is 3. The van der Waals surface area contributed by atoms with Crippen molar-refractivity contribution in [2.24, 2.45) is 0 Å². The van der Waals surface area contributed by atoms with Crippen LogP contribution in [0.15, 0.2) is 34.8 Å². The number of hydrogen-bond acceptors (Lipinski definition) is 3. The molecule has 4 nitrogen and oxygen atoms in total. The number of rotatable bonds is 2. The van der Waals surface area contributed by atoms with E-state index in [-0.39, 0.29) is 15.7 Å². The summed E-state index contributed by atoms with van der Waals surface area (Å²) in [5.74, 6) is -2.50. The zero-order chi connectivity index (χ0) is 14.9. The van der Waals surface area contributed by atoms with Gasteiger partial charge in [0.05, 0.1) is 5.56 Å². The van der Waals surface area contributed by atoms with E-state index in [4.69, 9.17) is 11.5 Å².